The highest BCUT2D eigenvalue weighted by Crippen LogP contribution is 2.30. The Morgan fingerprint density at radius 2 is 2.40 bits per heavy atom. The topological polar surface area (TPSA) is 78.2 Å². The molecule has 0 aliphatic heterocycles. The van der Waals surface area contributed by atoms with Gasteiger partial charge in [-0.25, -0.2) is 0 Å². The van der Waals surface area contributed by atoms with Gasteiger partial charge in [-0.2, -0.15) is 0 Å². The molecular weight excluding hydrogens is 218 g/mol. The maximum atomic E-state index is 9.06. The molecule has 1 atom stereocenters. The zero-order chi connectivity index (χ0) is 11.3. The monoisotopic (exact) mass is 227 g/mol. The van der Waals surface area contributed by atoms with E-state index in [-0.39, 0.29) is 6.61 Å². The summed E-state index contributed by atoms with van der Waals surface area (Å²) in [5, 5.41) is 13.0. The van der Waals surface area contributed by atoms with Crippen molar-refractivity contribution in [2.45, 2.75) is 6.04 Å². The lowest BCUT2D eigenvalue weighted by atomic mass is 10.1. The highest BCUT2D eigenvalue weighted by atomic mass is 35.5. The van der Waals surface area contributed by atoms with Crippen molar-refractivity contribution < 1.29 is 9.84 Å². The minimum atomic E-state index is -0.677. The van der Waals surface area contributed by atoms with Crippen molar-refractivity contribution in [3.05, 3.63) is 39.2 Å². The van der Waals surface area contributed by atoms with Gasteiger partial charge in [0.05, 0.1) is 19.8 Å². The van der Waals surface area contributed by atoms with Crippen LogP contribution >= 0.6 is 11.6 Å². The number of benzene rings is 1. The highest BCUT2D eigenvalue weighted by Gasteiger charge is 2.14. The molecular formula is C9H10ClN3O2. The first kappa shape index (κ1) is 11.7. The minimum absolute atomic E-state index is 0.291. The summed E-state index contributed by atoms with van der Waals surface area (Å²) >= 11 is 5.80. The van der Waals surface area contributed by atoms with Crippen molar-refractivity contribution in [1.29, 1.82) is 0 Å². The Balaban J connectivity index is 3.19. The summed E-state index contributed by atoms with van der Waals surface area (Å²) in [6.07, 6.45) is 0. The van der Waals surface area contributed by atoms with Crippen LogP contribution in [0.15, 0.2) is 23.3 Å². The molecule has 1 unspecified atom stereocenters. The van der Waals surface area contributed by atoms with Crippen LogP contribution in [0.1, 0.15) is 11.6 Å². The Morgan fingerprint density at radius 1 is 1.67 bits per heavy atom. The lowest BCUT2D eigenvalue weighted by Crippen LogP contribution is -2.02. The number of aliphatic hydroxyl groups is 1. The maximum Gasteiger partial charge on any atom is 0.122 e. The Labute approximate surface area is 91.9 Å². The number of ether oxygens (including phenoxy) is 1. The standard InChI is InChI=1S/C9H10ClN3O2/c1-15-9-3-2-6(10)4-7(9)8(5-14)12-13-11/h2-4,8,14H,5H2,1H3. The predicted octanol–water partition coefficient (Wildman–Crippen LogP) is 2.69. The van der Waals surface area contributed by atoms with Gasteiger partial charge in [-0.1, -0.05) is 16.7 Å². The van der Waals surface area contributed by atoms with Crippen molar-refractivity contribution in [2.24, 2.45) is 5.11 Å². The summed E-state index contributed by atoms with van der Waals surface area (Å²) < 4.78 is 5.08. The van der Waals surface area contributed by atoms with Crippen LogP contribution in [0.25, 0.3) is 10.4 Å². The molecule has 80 valence electrons. The summed E-state index contributed by atoms with van der Waals surface area (Å²) in [4.78, 5) is 2.65. The van der Waals surface area contributed by atoms with Gasteiger partial charge in [0, 0.05) is 15.5 Å². The van der Waals surface area contributed by atoms with Gasteiger partial charge in [-0.15, -0.1) is 0 Å². The zero-order valence-corrected chi connectivity index (χ0v) is 8.85. The van der Waals surface area contributed by atoms with E-state index in [2.05, 4.69) is 10.0 Å². The van der Waals surface area contributed by atoms with E-state index in [0.29, 0.717) is 16.3 Å². The molecule has 6 heteroatoms. The van der Waals surface area contributed by atoms with Crippen molar-refractivity contribution in [3.8, 4) is 5.75 Å². The SMILES string of the molecule is COc1ccc(Cl)cc1C(CO)N=[N+]=[N-]. The Morgan fingerprint density at radius 3 is 2.93 bits per heavy atom. The molecule has 0 bridgehead atoms. The molecule has 0 heterocycles. The van der Waals surface area contributed by atoms with Gasteiger partial charge in [-0.3, -0.25) is 0 Å². The summed E-state index contributed by atoms with van der Waals surface area (Å²) in [7, 11) is 1.50. The first-order chi connectivity index (χ1) is 7.22. The molecule has 5 nitrogen and oxygen atoms in total. The quantitative estimate of drug-likeness (QED) is 0.488. The molecule has 0 radical (unpaired) electrons. The second kappa shape index (κ2) is 5.46. The molecule has 0 aliphatic carbocycles. The van der Waals surface area contributed by atoms with E-state index in [1.807, 2.05) is 0 Å². The van der Waals surface area contributed by atoms with Crippen LogP contribution < -0.4 is 4.74 Å². The third-order valence-electron chi connectivity index (χ3n) is 1.91. The van der Waals surface area contributed by atoms with Crippen LogP contribution in [0.4, 0.5) is 0 Å². The van der Waals surface area contributed by atoms with E-state index in [1.165, 1.54) is 7.11 Å². The maximum absolute atomic E-state index is 9.06. The third-order valence-corrected chi connectivity index (χ3v) is 2.15. The van der Waals surface area contributed by atoms with Gasteiger partial charge in [0.2, 0.25) is 0 Å². The van der Waals surface area contributed by atoms with Crippen molar-refractivity contribution in [1.82, 2.24) is 0 Å². The first-order valence-corrected chi connectivity index (χ1v) is 4.59. The number of aliphatic hydroxyl groups excluding tert-OH is 1. The molecule has 1 aromatic rings. The molecule has 1 rings (SSSR count). The normalized spacial score (nSPS) is 11.7. The van der Waals surface area contributed by atoms with E-state index in [0.717, 1.165) is 0 Å². The second-order valence-electron chi connectivity index (χ2n) is 2.79. The number of nitrogens with zero attached hydrogens (tertiary/aromatic N) is 3. The molecule has 0 aliphatic rings. The summed E-state index contributed by atoms with van der Waals surface area (Å²) in [5.74, 6) is 0.533. The van der Waals surface area contributed by atoms with Gasteiger partial charge in [-0.05, 0) is 23.7 Å². The first-order valence-electron chi connectivity index (χ1n) is 4.21. The Kier molecular flexibility index (Phi) is 4.24. The molecule has 0 amide bonds. The summed E-state index contributed by atoms with van der Waals surface area (Å²) in [6, 6.07) is 4.25. The van der Waals surface area contributed by atoms with Crippen molar-refractivity contribution in [3.63, 3.8) is 0 Å². The molecule has 0 aromatic heterocycles. The van der Waals surface area contributed by atoms with Gasteiger partial charge < -0.3 is 9.84 Å². The summed E-state index contributed by atoms with van der Waals surface area (Å²) in [6.45, 7) is -0.291. The van der Waals surface area contributed by atoms with Crippen molar-refractivity contribution in [2.75, 3.05) is 13.7 Å². The van der Waals surface area contributed by atoms with Crippen LogP contribution in [0.5, 0.6) is 5.75 Å². The zero-order valence-electron chi connectivity index (χ0n) is 8.09. The highest BCUT2D eigenvalue weighted by molar-refractivity contribution is 6.30. The molecule has 1 aromatic carbocycles. The number of rotatable bonds is 4. The summed E-state index contributed by atoms with van der Waals surface area (Å²) in [5.41, 5.74) is 8.91. The molecule has 15 heavy (non-hydrogen) atoms. The molecule has 0 saturated carbocycles. The van der Waals surface area contributed by atoms with E-state index in [1.54, 1.807) is 18.2 Å². The molecule has 0 fully saturated rings. The molecule has 0 spiro atoms. The number of azide groups is 1. The molecule has 0 saturated heterocycles. The number of hydrogen-bond acceptors (Lipinski definition) is 3. The predicted molar refractivity (Wildman–Crippen MR) is 57.0 cm³/mol. The largest absolute Gasteiger partial charge is 0.496 e. The van der Waals surface area contributed by atoms with Crippen LogP contribution in [-0.2, 0) is 0 Å². The van der Waals surface area contributed by atoms with Gasteiger partial charge in [0.25, 0.3) is 0 Å². The van der Waals surface area contributed by atoms with E-state index in [9.17, 15) is 0 Å². The fourth-order valence-electron chi connectivity index (χ4n) is 1.23. The van der Waals surface area contributed by atoms with Crippen molar-refractivity contribution >= 4 is 11.6 Å². The number of methoxy groups -OCH3 is 1. The Bertz CT molecular complexity index is 391. The number of hydrogen-bond donors (Lipinski definition) is 1. The fourth-order valence-corrected chi connectivity index (χ4v) is 1.41. The average Bonchev–Trinajstić information content (AvgIpc) is 2.26. The Hall–Kier alpha value is -1.42. The lowest BCUT2D eigenvalue weighted by molar-refractivity contribution is 0.264. The minimum Gasteiger partial charge on any atom is -0.496 e. The third kappa shape index (κ3) is 2.76. The van der Waals surface area contributed by atoms with Crippen LogP contribution in [0.3, 0.4) is 0 Å². The van der Waals surface area contributed by atoms with Crippen LogP contribution in [0.2, 0.25) is 5.02 Å². The van der Waals surface area contributed by atoms with Crippen LogP contribution in [0, 0.1) is 0 Å². The van der Waals surface area contributed by atoms with Gasteiger partial charge in [0.15, 0.2) is 0 Å². The van der Waals surface area contributed by atoms with Gasteiger partial charge in [0.1, 0.15) is 5.75 Å². The second-order valence-corrected chi connectivity index (χ2v) is 3.23. The average molecular weight is 228 g/mol. The number of halogens is 1. The van der Waals surface area contributed by atoms with Gasteiger partial charge >= 0.3 is 0 Å². The smallest absolute Gasteiger partial charge is 0.122 e. The van der Waals surface area contributed by atoms with E-state index < -0.39 is 6.04 Å². The van der Waals surface area contributed by atoms with Crippen LogP contribution in [-0.4, -0.2) is 18.8 Å². The van der Waals surface area contributed by atoms with E-state index >= 15 is 0 Å². The molecule has 1 N–H and O–H groups in total. The van der Waals surface area contributed by atoms with E-state index in [4.69, 9.17) is 27.0 Å². The fraction of sp³-hybridized carbons (Fsp3) is 0.333. The lowest BCUT2D eigenvalue weighted by Gasteiger charge is -2.13.